The fraction of sp³-hybridized carbons (Fsp3) is 0.250. The zero-order chi connectivity index (χ0) is 14.5. The molecule has 4 heteroatoms. The number of hydrogen-bond donors (Lipinski definition) is 2. The van der Waals surface area contributed by atoms with Gasteiger partial charge in [-0.05, 0) is 71.8 Å². The number of halogens is 1. The van der Waals surface area contributed by atoms with Gasteiger partial charge in [-0.3, -0.25) is 5.84 Å². The first kappa shape index (κ1) is 15.3. The molecule has 0 aromatic heterocycles. The number of nitrogens with one attached hydrogen (secondary N) is 1. The molecule has 0 heterocycles. The van der Waals surface area contributed by atoms with Gasteiger partial charge in [0, 0.05) is 3.57 Å². The van der Waals surface area contributed by atoms with E-state index in [4.69, 9.17) is 10.6 Å². The van der Waals surface area contributed by atoms with Crippen molar-refractivity contribution in [2.45, 2.75) is 26.0 Å². The van der Waals surface area contributed by atoms with E-state index in [0.29, 0.717) is 0 Å². The molecule has 2 aromatic rings. The first-order valence-corrected chi connectivity index (χ1v) is 7.66. The lowest BCUT2D eigenvalue weighted by molar-refractivity contribution is 0.242. The summed E-state index contributed by atoms with van der Waals surface area (Å²) in [6, 6.07) is 16.4. The molecule has 0 radical (unpaired) electrons. The van der Waals surface area contributed by atoms with E-state index in [0.717, 1.165) is 16.9 Å². The Kier molecular flexibility index (Phi) is 5.39. The maximum atomic E-state index is 5.71. The van der Waals surface area contributed by atoms with E-state index in [2.05, 4.69) is 52.3 Å². The van der Waals surface area contributed by atoms with Crippen molar-refractivity contribution in [3.05, 3.63) is 63.2 Å². The predicted molar refractivity (Wildman–Crippen MR) is 90.5 cm³/mol. The average Bonchev–Trinajstić information content (AvgIpc) is 2.43. The van der Waals surface area contributed by atoms with Crippen molar-refractivity contribution in [2.75, 3.05) is 0 Å². The predicted octanol–water partition coefficient (Wildman–Crippen LogP) is 3.63. The van der Waals surface area contributed by atoms with Crippen molar-refractivity contribution in [1.29, 1.82) is 0 Å². The summed E-state index contributed by atoms with van der Waals surface area (Å²) in [6.07, 6.45) is 0.181. The van der Waals surface area contributed by atoms with Crippen LogP contribution < -0.4 is 16.0 Å². The molecule has 0 amide bonds. The van der Waals surface area contributed by atoms with Gasteiger partial charge in [0.15, 0.2) is 0 Å². The van der Waals surface area contributed by atoms with Gasteiger partial charge in [0.25, 0.3) is 0 Å². The Morgan fingerprint density at radius 1 is 0.950 bits per heavy atom. The first-order chi connectivity index (χ1) is 9.60. The molecule has 0 spiro atoms. The number of hydrazine groups is 1. The highest BCUT2D eigenvalue weighted by Crippen LogP contribution is 2.24. The number of benzene rings is 2. The van der Waals surface area contributed by atoms with Crippen LogP contribution in [-0.2, 0) is 0 Å². The minimum Gasteiger partial charge on any atom is -0.491 e. The van der Waals surface area contributed by atoms with Crippen LogP contribution in [0.2, 0.25) is 0 Å². The fourth-order valence-corrected chi connectivity index (χ4v) is 2.41. The van der Waals surface area contributed by atoms with Crippen molar-refractivity contribution in [3.63, 3.8) is 0 Å². The van der Waals surface area contributed by atoms with Crippen LogP contribution in [0, 0.1) is 3.57 Å². The summed E-state index contributed by atoms with van der Waals surface area (Å²) in [4.78, 5) is 0. The van der Waals surface area contributed by atoms with Crippen molar-refractivity contribution >= 4 is 22.6 Å². The molecule has 0 fully saturated rings. The molecular weight excluding hydrogens is 363 g/mol. The number of nitrogens with two attached hydrogens (primary N) is 1. The first-order valence-electron chi connectivity index (χ1n) is 6.58. The van der Waals surface area contributed by atoms with Gasteiger partial charge in [-0.2, -0.15) is 0 Å². The van der Waals surface area contributed by atoms with Gasteiger partial charge in [-0.1, -0.05) is 24.3 Å². The number of rotatable bonds is 5. The monoisotopic (exact) mass is 382 g/mol. The van der Waals surface area contributed by atoms with E-state index in [9.17, 15) is 0 Å². The molecule has 2 aromatic carbocycles. The molecule has 0 aliphatic rings. The Morgan fingerprint density at radius 2 is 1.45 bits per heavy atom. The van der Waals surface area contributed by atoms with Crippen molar-refractivity contribution in [1.82, 2.24) is 5.43 Å². The van der Waals surface area contributed by atoms with Crippen LogP contribution in [0.25, 0.3) is 0 Å². The Hall–Kier alpha value is -1.11. The van der Waals surface area contributed by atoms with E-state index < -0.39 is 0 Å². The van der Waals surface area contributed by atoms with Gasteiger partial charge in [-0.25, -0.2) is 5.43 Å². The summed E-state index contributed by atoms with van der Waals surface area (Å²) in [5.41, 5.74) is 5.13. The highest BCUT2D eigenvalue weighted by atomic mass is 127. The lowest BCUT2D eigenvalue weighted by Gasteiger charge is -2.18. The largest absolute Gasteiger partial charge is 0.491 e. The van der Waals surface area contributed by atoms with Gasteiger partial charge in [0.1, 0.15) is 5.75 Å². The van der Waals surface area contributed by atoms with Gasteiger partial charge < -0.3 is 4.74 Å². The average molecular weight is 382 g/mol. The molecule has 0 aliphatic heterocycles. The van der Waals surface area contributed by atoms with Gasteiger partial charge in [0.05, 0.1) is 12.1 Å². The van der Waals surface area contributed by atoms with Crippen molar-refractivity contribution < 1.29 is 4.74 Å². The van der Waals surface area contributed by atoms with E-state index in [1.165, 1.54) is 3.57 Å². The third-order valence-corrected chi connectivity index (χ3v) is 3.67. The molecule has 20 heavy (non-hydrogen) atoms. The third-order valence-electron chi connectivity index (χ3n) is 2.96. The van der Waals surface area contributed by atoms with E-state index in [1.807, 2.05) is 38.1 Å². The quantitative estimate of drug-likeness (QED) is 0.472. The van der Waals surface area contributed by atoms with E-state index in [1.54, 1.807) is 0 Å². The second-order valence-electron chi connectivity index (χ2n) is 4.89. The third kappa shape index (κ3) is 3.94. The minimum absolute atomic E-state index is 0.0138. The Balaban J connectivity index is 2.21. The van der Waals surface area contributed by atoms with Gasteiger partial charge >= 0.3 is 0 Å². The number of hydrogen-bond acceptors (Lipinski definition) is 3. The maximum absolute atomic E-state index is 5.71. The molecule has 3 nitrogen and oxygen atoms in total. The molecule has 0 saturated heterocycles. The second-order valence-corrected chi connectivity index (χ2v) is 6.13. The van der Waals surface area contributed by atoms with Crippen LogP contribution in [0.5, 0.6) is 5.75 Å². The normalized spacial score (nSPS) is 12.4. The summed E-state index contributed by atoms with van der Waals surface area (Å²) in [5, 5.41) is 0. The summed E-state index contributed by atoms with van der Waals surface area (Å²) in [7, 11) is 0. The van der Waals surface area contributed by atoms with Gasteiger partial charge in [-0.15, -0.1) is 0 Å². The lowest BCUT2D eigenvalue weighted by atomic mass is 9.99. The molecular formula is C16H19IN2O. The van der Waals surface area contributed by atoms with Gasteiger partial charge in [0.2, 0.25) is 0 Å². The van der Waals surface area contributed by atoms with E-state index >= 15 is 0 Å². The van der Waals surface area contributed by atoms with E-state index in [-0.39, 0.29) is 12.1 Å². The zero-order valence-electron chi connectivity index (χ0n) is 11.6. The molecule has 0 bridgehead atoms. The summed E-state index contributed by atoms with van der Waals surface area (Å²) in [6.45, 7) is 4.04. The molecule has 0 saturated carbocycles. The molecule has 1 atom stereocenters. The Bertz CT molecular complexity index is 537. The SMILES string of the molecule is CC(C)Oc1ccc(C(NN)c2ccc(I)cc2)cc1. The molecule has 3 N–H and O–H groups in total. The summed E-state index contributed by atoms with van der Waals surface area (Å²) < 4.78 is 6.86. The lowest BCUT2D eigenvalue weighted by Crippen LogP contribution is -2.28. The van der Waals surface area contributed by atoms with Crippen LogP contribution in [-0.4, -0.2) is 6.10 Å². The molecule has 1 unspecified atom stereocenters. The van der Waals surface area contributed by atoms with Crippen LogP contribution in [0.4, 0.5) is 0 Å². The van der Waals surface area contributed by atoms with Crippen LogP contribution in [0.15, 0.2) is 48.5 Å². The summed E-state index contributed by atoms with van der Waals surface area (Å²) >= 11 is 2.29. The zero-order valence-corrected chi connectivity index (χ0v) is 13.8. The highest BCUT2D eigenvalue weighted by Gasteiger charge is 2.12. The maximum Gasteiger partial charge on any atom is 0.119 e. The topological polar surface area (TPSA) is 47.3 Å². The fourth-order valence-electron chi connectivity index (χ4n) is 2.05. The highest BCUT2D eigenvalue weighted by molar-refractivity contribution is 14.1. The van der Waals surface area contributed by atoms with Crippen molar-refractivity contribution in [2.24, 2.45) is 5.84 Å². The Labute approximate surface area is 133 Å². The minimum atomic E-state index is -0.0138. The number of ether oxygens (including phenoxy) is 1. The van der Waals surface area contributed by atoms with Crippen LogP contribution >= 0.6 is 22.6 Å². The summed E-state index contributed by atoms with van der Waals surface area (Å²) in [5.74, 6) is 6.59. The second kappa shape index (κ2) is 7.06. The van der Waals surface area contributed by atoms with Crippen LogP contribution in [0.3, 0.4) is 0 Å². The molecule has 106 valence electrons. The Morgan fingerprint density at radius 3 is 1.90 bits per heavy atom. The van der Waals surface area contributed by atoms with Crippen molar-refractivity contribution in [3.8, 4) is 5.75 Å². The standard InChI is InChI=1S/C16H19IN2O/c1-11(2)20-15-9-5-13(6-10-15)16(19-18)12-3-7-14(17)8-4-12/h3-11,16,19H,18H2,1-2H3. The molecule has 2 rings (SSSR count). The molecule has 0 aliphatic carbocycles. The van der Waals surface area contributed by atoms with Crippen LogP contribution in [0.1, 0.15) is 31.0 Å². The smallest absolute Gasteiger partial charge is 0.119 e.